The summed E-state index contributed by atoms with van der Waals surface area (Å²) in [5.74, 6) is -0.205. The van der Waals surface area contributed by atoms with Gasteiger partial charge in [-0.2, -0.15) is 0 Å². The van der Waals surface area contributed by atoms with Gasteiger partial charge in [0, 0.05) is 26.6 Å². The summed E-state index contributed by atoms with van der Waals surface area (Å²) < 4.78 is 4.98. The molecule has 0 aromatic heterocycles. The van der Waals surface area contributed by atoms with Gasteiger partial charge in [0.1, 0.15) is 0 Å². The Bertz CT molecular complexity index is 295. The van der Waals surface area contributed by atoms with E-state index >= 15 is 0 Å². The van der Waals surface area contributed by atoms with E-state index in [4.69, 9.17) is 9.84 Å². The van der Waals surface area contributed by atoms with Crippen LogP contribution in [0.1, 0.15) is 33.6 Å². The van der Waals surface area contributed by atoms with Crippen molar-refractivity contribution in [1.29, 1.82) is 0 Å². The van der Waals surface area contributed by atoms with Crippen LogP contribution >= 0.6 is 0 Å². The number of nitrogens with one attached hydrogen (secondary N) is 2. The van der Waals surface area contributed by atoms with Crippen LogP contribution in [0, 0.1) is 17.8 Å². The van der Waals surface area contributed by atoms with Crippen molar-refractivity contribution in [3.63, 3.8) is 0 Å². The van der Waals surface area contributed by atoms with Crippen molar-refractivity contribution in [2.45, 2.75) is 33.6 Å². The number of rotatable bonds is 10. The first-order valence-electron chi connectivity index (χ1n) is 7.07. The third-order valence-electron chi connectivity index (χ3n) is 2.88. The number of hydrogen-bond donors (Lipinski definition) is 3. The highest BCUT2D eigenvalue weighted by atomic mass is 16.5. The molecule has 0 heterocycles. The number of aliphatic carboxylic acids is 1. The summed E-state index contributed by atoms with van der Waals surface area (Å²) >= 11 is 0. The number of amides is 2. The first-order chi connectivity index (χ1) is 9.35. The second kappa shape index (κ2) is 10.5. The molecule has 0 aromatic rings. The zero-order chi connectivity index (χ0) is 15.5. The van der Waals surface area contributed by atoms with Gasteiger partial charge < -0.3 is 20.5 Å². The molecule has 6 heteroatoms. The highest BCUT2D eigenvalue weighted by Gasteiger charge is 2.16. The Balaban J connectivity index is 4.00. The molecule has 0 saturated heterocycles. The van der Waals surface area contributed by atoms with Gasteiger partial charge in [0.05, 0.1) is 6.61 Å². The van der Waals surface area contributed by atoms with Gasteiger partial charge in [-0.05, 0) is 24.2 Å². The maximum absolute atomic E-state index is 11.6. The average molecular weight is 288 g/mol. The second-order valence-electron chi connectivity index (χ2n) is 5.74. The van der Waals surface area contributed by atoms with Crippen molar-refractivity contribution in [3.05, 3.63) is 0 Å². The first-order valence-corrected chi connectivity index (χ1v) is 7.07. The lowest BCUT2D eigenvalue weighted by molar-refractivity contribution is -0.138. The van der Waals surface area contributed by atoms with Crippen molar-refractivity contribution in [3.8, 4) is 0 Å². The minimum atomic E-state index is -0.827. The molecule has 2 amide bonds. The fraction of sp³-hybridized carbons (Fsp3) is 0.857. The lowest BCUT2D eigenvalue weighted by atomic mass is 9.94. The number of carbonyl (C=O) groups is 2. The summed E-state index contributed by atoms with van der Waals surface area (Å²) in [5, 5.41) is 14.3. The van der Waals surface area contributed by atoms with Crippen LogP contribution in [0.25, 0.3) is 0 Å². The van der Waals surface area contributed by atoms with Gasteiger partial charge in [0.25, 0.3) is 0 Å². The Morgan fingerprint density at radius 3 is 2.25 bits per heavy atom. The van der Waals surface area contributed by atoms with Crippen LogP contribution in [0.2, 0.25) is 0 Å². The minimum absolute atomic E-state index is 0.0327. The van der Waals surface area contributed by atoms with Crippen molar-refractivity contribution in [2.24, 2.45) is 17.8 Å². The largest absolute Gasteiger partial charge is 0.481 e. The van der Waals surface area contributed by atoms with Gasteiger partial charge >= 0.3 is 12.0 Å². The maximum Gasteiger partial charge on any atom is 0.314 e. The van der Waals surface area contributed by atoms with Gasteiger partial charge in [-0.3, -0.25) is 4.79 Å². The fourth-order valence-electron chi connectivity index (χ4n) is 2.06. The zero-order valence-electron chi connectivity index (χ0n) is 12.9. The van der Waals surface area contributed by atoms with E-state index in [2.05, 4.69) is 10.6 Å². The Morgan fingerprint density at radius 1 is 1.15 bits per heavy atom. The SMILES string of the molecule is COCC(C)CNC(=O)NC[C@H](CC(=O)O)CC(C)C. The number of carboxylic acid groups (broad SMARTS) is 1. The molecule has 0 aromatic carbocycles. The van der Waals surface area contributed by atoms with Gasteiger partial charge in [0.2, 0.25) is 0 Å². The summed E-state index contributed by atoms with van der Waals surface area (Å²) in [7, 11) is 1.62. The van der Waals surface area contributed by atoms with Crippen LogP contribution in [0.15, 0.2) is 0 Å². The molecule has 0 radical (unpaired) electrons. The first kappa shape index (κ1) is 18.7. The highest BCUT2D eigenvalue weighted by molar-refractivity contribution is 5.74. The monoisotopic (exact) mass is 288 g/mol. The molecule has 0 spiro atoms. The van der Waals surface area contributed by atoms with Gasteiger partial charge in [0.15, 0.2) is 0 Å². The van der Waals surface area contributed by atoms with E-state index in [1.807, 2.05) is 20.8 Å². The van der Waals surface area contributed by atoms with E-state index in [-0.39, 0.29) is 24.3 Å². The highest BCUT2D eigenvalue weighted by Crippen LogP contribution is 2.14. The standard InChI is InChI=1S/C14H28N2O4/c1-10(2)5-12(6-13(17)18)8-16-14(19)15-7-11(3)9-20-4/h10-12H,5-9H2,1-4H3,(H,17,18)(H2,15,16,19)/t11?,12-/m0/s1. The van der Waals surface area contributed by atoms with E-state index in [9.17, 15) is 9.59 Å². The van der Waals surface area contributed by atoms with Crippen molar-refractivity contribution < 1.29 is 19.4 Å². The molecule has 0 aliphatic heterocycles. The molecule has 0 rings (SSSR count). The topological polar surface area (TPSA) is 87.7 Å². The molecule has 3 N–H and O–H groups in total. The van der Waals surface area contributed by atoms with Crippen LogP contribution < -0.4 is 10.6 Å². The molecule has 0 saturated carbocycles. The predicted molar refractivity (Wildman–Crippen MR) is 77.6 cm³/mol. The van der Waals surface area contributed by atoms with Crippen LogP contribution in [0.4, 0.5) is 4.79 Å². The van der Waals surface area contributed by atoms with Crippen LogP contribution in [0.3, 0.4) is 0 Å². The summed E-state index contributed by atoms with van der Waals surface area (Å²) in [4.78, 5) is 22.4. The number of urea groups is 1. The number of carbonyl (C=O) groups excluding carboxylic acids is 1. The Kier molecular flexibility index (Phi) is 9.80. The number of carboxylic acids is 1. The van der Waals surface area contributed by atoms with Crippen molar-refractivity contribution in [1.82, 2.24) is 10.6 Å². The zero-order valence-corrected chi connectivity index (χ0v) is 12.9. The summed E-state index contributed by atoms with van der Waals surface area (Å²) in [6.07, 6.45) is 0.866. The lowest BCUT2D eigenvalue weighted by Gasteiger charge is -2.18. The maximum atomic E-state index is 11.6. The summed E-state index contributed by atoms with van der Waals surface area (Å²) in [5.41, 5.74) is 0. The van der Waals surface area contributed by atoms with E-state index < -0.39 is 5.97 Å². The molecule has 0 fully saturated rings. The van der Waals surface area contributed by atoms with Crippen molar-refractivity contribution >= 4 is 12.0 Å². The summed E-state index contributed by atoms with van der Waals surface area (Å²) in [6, 6.07) is -0.257. The third-order valence-corrected chi connectivity index (χ3v) is 2.88. The van der Waals surface area contributed by atoms with Gasteiger partial charge in [-0.15, -0.1) is 0 Å². The Morgan fingerprint density at radius 2 is 1.75 bits per heavy atom. The van der Waals surface area contributed by atoms with Gasteiger partial charge in [-0.1, -0.05) is 20.8 Å². The predicted octanol–water partition coefficient (Wildman–Crippen LogP) is 1.71. The fourth-order valence-corrected chi connectivity index (χ4v) is 2.06. The Labute approximate surface area is 121 Å². The normalized spacial score (nSPS) is 13.8. The van der Waals surface area contributed by atoms with Gasteiger partial charge in [-0.25, -0.2) is 4.79 Å². The smallest absolute Gasteiger partial charge is 0.314 e. The summed E-state index contributed by atoms with van der Waals surface area (Å²) in [6.45, 7) is 7.58. The van der Waals surface area contributed by atoms with E-state index in [1.54, 1.807) is 7.11 Å². The van der Waals surface area contributed by atoms with Crippen molar-refractivity contribution in [2.75, 3.05) is 26.8 Å². The van der Waals surface area contributed by atoms with Crippen LogP contribution in [-0.2, 0) is 9.53 Å². The number of methoxy groups -OCH3 is 1. The molecule has 20 heavy (non-hydrogen) atoms. The number of hydrogen-bond acceptors (Lipinski definition) is 3. The molecule has 2 atom stereocenters. The third kappa shape index (κ3) is 10.6. The molecule has 0 bridgehead atoms. The number of ether oxygens (including phenoxy) is 1. The Hall–Kier alpha value is -1.30. The molecule has 118 valence electrons. The second-order valence-corrected chi connectivity index (χ2v) is 5.74. The minimum Gasteiger partial charge on any atom is -0.481 e. The molecular formula is C14H28N2O4. The van der Waals surface area contributed by atoms with Crippen LogP contribution in [-0.4, -0.2) is 43.9 Å². The van der Waals surface area contributed by atoms with E-state index in [1.165, 1.54) is 0 Å². The molecule has 1 unspecified atom stereocenters. The quantitative estimate of drug-likeness (QED) is 0.571. The molecular weight excluding hydrogens is 260 g/mol. The molecule has 6 nitrogen and oxygen atoms in total. The average Bonchev–Trinajstić information content (AvgIpc) is 2.32. The van der Waals surface area contributed by atoms with E-state index in [0.717, 1.165) is 6.42 Å². The molecule has 0 aliphatic carbocycles. The molecule has 0 aliphatic rings. The van der Waals surface area contributed by atoms with Crippen LogP contribution in [0.5, 0.6) is 0 Å². The lowest BCUT2D eigenvalue weighted by Crippen LogP contribution is -2.41. The van der Waals surface area contributed by atoms with E-state index in [0.29, 0.717) is 25.6 Å².